The van der Waals surface area contributed by atoms with Crippen LogP contribution in [0.5, 0.6) is 5.75 Å². The Morgan fingerprint density at radius 3 is 2.94 bits per heavy atom. The fraction of sp³-hybridized carbons (Fsp3) is 0.462. The van der Waals surface area contributed by atoms with Crippen molar-refractivity contribution in [3.05, 3.63) is 29.3 Å². The monoisotopic (exact) mass is 234 g/mol. The Morgan fingerprint density at radius 1 is 1.47 bits per heavy atom. The highest BCUT2D eigenvalue weighted by molar-refractivity contribution is 5.79. The van der Waals surface area contributed by atoms with Gasteiger partial charge in [0, 0.05) is 12.5 Å². The molecule has 92 valence electrons. The third-order valence-electron chi connectivity index (χ3n) is 3.14. The molecule has 1 aliphatic rings. The Balaban J connectivity index is 2.09. The van der Waals surface area contributed by atoms with E-state index in [0.29, 0.717) is 0 Å². The van der Waals surface area contributed by atoms with E-state index in [2.05, 4.69) is 11.4 Å². The van der Waals surface area contributed by atoms with Crippen molar-refractivity contribution in [3.8, 4) is 5.75 Å². The Morgan fingerprint density at radius 2 is 2.24 bits per heavy atom. The average molecular weight is 234 g/mol. The molecule has 0 radical (unpaired) electrons. The van der Waals surface area contributed by atoms with E-state index in [4.69, 9.17) is 10.5 Å². The Kier molecular flexibility index (Phi) is 3.33. The first kappa shape index (κ1) is 11.9. The van der Waals surface area contributed by atoms with Crippen LogP contribution >= 0.6 is 0 Å². The Labute approximate surface area is 101 Å². The van der Waals surface area contributed by atoms with Crippen LogP contribution in [0.2, 0.25) is 0 Å². The highest BCUT2D eigenvalue weighted by Gasteiger charge is 2.17. The summed E-state index contributed by atoms with van der Waals surface area (Å²) in [6.45, 7) is 4.56. The number of primary amides is 1. The van der Waals surface area contributed by atoms with Crippen molar-refractivity contribution in [2.75, 3.05) is 6.61 Å². The SMILES string of the molecule is CC(NC(C)c1ccc2c(c1)CCO2)C(N)=O. The van der Waals surface area contributed by atoms with Crippen molar-refractivity contribution in [3.63, 3.8) is 0 Å². The number of nitrogens with one attached hydrogen (secondary N) is 1. The number of benzene rings is 1. The van der Waals surface area contributed by atoms with Crippen LogP contribution < -0.4 is 15.8 Å². The summed E-state index contributed by atoms with van der Waals surface area (Å²) in [6, 6.07) is 5.92. The maximum Gasteiger partial charge on any atom is 0.234 e. The molecule has 4 heteroatoms. The first-order valence-corrected chi connectivity index (χ1v) is 5.89. The topological polar surface area (TPSA) is 64.3 Å². The van der Waals surface area contributed by atoms with Crippen LogP contribution in [-0.4, -0.2) is 18.6 Å². The lowest BCUT2D eigenvalue weighted by atomic mass is 10.0. The molecule has 4 nitrogen and oxygen atoms in total. The fourth-order valence-electron chi connectivity index (χ4n) is 2.03. The predicted octanol–water partition coefficient (Wildman–Crippen LogP) is 1.15. The van der Waals surface area contributed by atoms with Gasteiger partial charge in [0.15, 0.2) is 0 Å². The van der Waals surface area contributed by atoms with E-state index < -0.39 is 0 Å². The first-order valence-electron chi connectivity index (χ1n) is 5.89. The lowest BCUT2D eigenvalue weighted by Crippen LogP contribution is -2.40. The third kappa shape index (κ3) is 2.58. The smallest absolute Gasteiger partial charge is 0.234 e. The van der Waals surface area contributed by atoms with Crippen LogP contribution in [0.25, 0.3) is 0 Å². The number of carbonyl (C=O) groups excluding carboxylic acids is 1. The van der Waals surface area contributed by atoms with Gasteiger partial charge in [-0.05, 0) is 31.0 Å². The van der Waals surface area contributed by atoms with Crippen molar-refractivity contribution in [1.29, 1.82) is 0 Å². The molecule has 0 aliphatic carbocycles. The van der Waals surface area contributed by atoms with Crippen LogP contribution in [0.4, 0.5) is 0 Å². The van der Waals surface area contributed by atoms with Crippen LogP contribution in [0.15, 0.2) is 18.2 Å². The molecule has 1 amide bonds. The maximum absolute atomic E-state index is 11.0. The van der Waals surface area contributed by atoms with Gasteiger partial charge in [-0.3, -0.25) is 10.1 Å². The van der Waals surface area contributed by atoms with Crippen LogP contribution in [0.1, 0.15) is 31.0 Å². The summed E-state index contributed by atoms with van der Waals surface area (Å²) in [5.74, 6) is 0.644. The number of ether oxygens (including phenoxy) is 1. The van der Waals surface area contributed by atoms with Crippen molar-refractivity contribution in [2.24, 2.45) is 5.73 Å². The van der Waals surface area contributed by atoms with E-state index >= 15 is 0 Å². The van der Waals surface area contributed by atoms with Gasteiger partial charge in [-0.15, -0.1) is 0 Å². The van der Waals surface area contributed by atoms with Crippen molar-refractivity contribution < 1.29 is 9.53 Å². The van der Waals surface area contributed by atoms with E-state index in [1.807, 2.05) is 19.1 Å². The maximum atomic E-state index is 11.0. The molecule has 1 aromatic rings. The molecular weight excluding hydrogens is 216 g/mol. The second-order valence-electron chi connectivity index (χ2n) is 4.48. The summed E-state index contributed by atoms with van der Waals surface area (Å²) in [6.07, 6.45) is 0.960. The molecule has 2 atom stereocenters. The van der Waals surface area contributed by atoms with Gasteiger partial charge in [0.1, 0.15) is 5.75 Å². The number of rotatable bonds is 4. The van der Waals surface area contributed by atoms with Gasteiger partial charge < -0.3 is 10.5 Å². The molecule has 3 N–H and O–H groups in total. The minimum atomic E-state index is -0.332. The molecule has 2 rings (SSSR count). The summed E-state index contributed by atoms with van der Waals surface area (Å²) in [7, 11) is 0. The van der Waals surface area contributed by atoms with Gasteiger partial charge >= 0.3 is 0 Å². The lowest BCUT2D eigenvalue weighted by molar-refractivity contribution is -0.119. The number of hydrogen-bond acceptors (Lipinski definition) is 3. The van der Waals surface area contributed by atoms with Crippen LogP contribution in [0.3, 0.4) is 0 Å². The summed E-state index contributed by atoms with van der Waals surface area (Å²) in [5, 5.41) is 3.17. The number of hydrogen-bond donors (Lipinski definition) is 2. The number of amides is 1. The van der Waals surface area contributed by atoms with E-state index in [9.17, 15) is 4.79 Å². The molecule has 0 fully saturated rings. The van der Waals surface area contributed by atoms with Crippen LogP contribution in [-0.2, 0) is 11.2 Å². The largest absolute Gasteiger partial charge is 0.493 e. The molecule has 0 aromatic heterocycles. The van der Waals surface area contributed by atoms with Gasteiger partial charge in [-0.1, -0.05) is 12.1 Å². The van der Waals surface area contributed by atoms with Gasteiger partial charge in [-0.2, -0.15) is 0 Å². The molecule has 0 saturated heterocycles. The molecule has 0 spiro atoms. The van der Waals surface area contributed by atoms with E-state index in [0.717, 1.165) is 24.3 Å². The zero-order chi connectivity index (χ0) is 12.4. The summed E-state index contributed by atoms with van der Waals surface area (Å²) in [4.78, 5) is 11.0. The number of nitrogens with two attached hydrogens (primary N) is 1. The Bertz CT molecular complexity index is 431. The zero-order valence-electron chi connectivity index (χ0n) is 10.2. The van der Waals surface area contributed by atoms with Crippen LogP contribution in [0, 0.1) is 0 Å². The molecule has 17 heavy (non-hydrogen) atoms. The molecule has 1 aromatic carbocycles. The molecule has 0 saturated carbocycles. The molecule has 1 aliphatic heterocycles. The average Bonchev–Trinajstić information content (AvgIpc) is 2.75. The van der Waals surface area contributed by atoms with E-state index in [-0.39, 0.29) is 18.0 Å². The first-order chi connectivity index (χ1) is 8.08. The van der Waals surface area contributed by atoms with Crippen molar-refractivity contribution >= 4 is 5.91 Å². The van der Waals surface area contributed by atoms with Crippen molar-refractivity contribution in [1.82, 2.24) is 5.32 Å². The van der Waals surface area contributed by atoms with Gasteiger partial charge in [0.25, 0.3) is 0 Å². The second-order valence-corrected chi connectivity index (χ2v) is 4.48. The predicted molar refractivity (Wildman–Crippen MR) is 65.8 cm³/mol. The quantitative estimate of drug-likeness (QED) is 0.821. The minimum Gasteiger partial charge on any atom is -0.493 e. The molecule has 1 heterocycles. The minimum absolute atomic E-state index is 0.100. The van der Waals surface area contributed by atoms with Gasteiger partial charge in [-0.25, -0.2) is 0 Å². The normalized spacial score (nSPS) is 17.1. The second kappa shape index (κ2) is 4.75. The van der Waals surface area contributed by atoms with E-state index in [1.54, 1.807) is 6.92 Å². The lowest BCUT2D eigenvalue weighted by Gasteiger charge is -2.18. The number of fused-ring (bicyclic) bond motifs is 1. The van der Waals surface area contributed by atoms with E-state index in [1.165, 1.54) is 5.56 Å². The standard InChI is InChI=1S/C13H18N2O2/c1-8(15-9(2)13(14)16)10-3-4-12-11(7-10)5-6-17-12/h3-4,7-9,15H,5-6H2,1-2H3,(H2,14,16). The summed E-state index contributed by atoms with van der Waals surface area (Å²) >= 11 is 0. The summed E-state index contributed by atoms with van der Waals surface area (Å²) in [5.41, 5.74) is 7.62. The Hall–Kier alpha value is -1.55. The molecular formula is C13H18N2O2. The fourth-order valence-corrected chi connectivity index (χ4v) is 2.03. The van der Waals surface area contributed by atoms with Gasteiger partial charge in [0.2, 0.25) is 5.91 Å². The zero-order valence-corrected chi connectivity index (χ0v) is 10.2. The third-order valence-corrected chi connectivity index (χ3v) is 3.14. The summed E-state index contributed by atoms with van der Waals surface area (Å²) < 4.78 is 5.46. The van der Waals surface area contributed by atoms with Gasteiger partial charge in [0.05, 0.1) is 12.6 Å². The highest BCUT2D eigenvalue weighted by Crippen LogP contribution is 2.28. The molecule has 2 unspecified atom stereocenters. The highest BCUT2D eigenvalue weighted by atomic mass is 16.5. The number of carbonyl (C=O) groups is 1. The van der Waals surface area contributed by atoms with Crippen molar-refractivity contribution in [2.45, 2.75) is 32.4 Å². The molecule has 0 bridgehead atoms.